The van der Waals surface area contributed by atoms with Crippen molar-refractivity contribution in [3.05, 3.63) is 64.0 Å². The van der Waals surface area contributed by atoms with E-state index in [1.54, 1.807) is 31.1 Å². The van der Waals surface area contributed by atoms with Crippen molar-refractivity contribution < 1.29 is 13.2 Å². The summed E-state index contributed by atoms with van der Waals surface area (Å²) in [6.07, 6.45) is 2.65. The van der Waals surface area contributed by atoms with Gasteiger partial charge in [-0.3, -0.25) is 4.79 Å². The maximum atomic E-state index is 12.9. The number of hydrogen-bond donors (Lipinski definition) is 0. The molecule has 0 amide bonds. The van der Waals surface area contributed by atoms with Gasteiger partial charge in [-0.15, -0.1) is 0 Å². The van der Waals surface area contributed by atoms with Crippen LogP contribution in [-0.4, -0.2) is 37.2 Å². The molecular formula is C17H16BrN3O3S. The third-order valence-electron chi connectivity index (χ3n) is 3.32. The van der Waals surface area contributed by atoms with Gasteiger partial charge in [0.1, 0.15) is 17.3 Å². The molecule has 8 heteroatoms. The van der Waals surface area contributed by atoms with Gasteiger partial charge >= 0.3 is 0 Å². The number of ketones is 1. The Morgan fingerprint density at radius 1 is 1.28 bits per heavy atom. The Morgan fingerprint density at radius 3 is 2.40 bits per heavy atom. The summed E-state index contributed by atoms with van der Waals surface area (Å²) < 4.78 is 27.1. The van der Waals surface area contributed by atoms with E-state index in [-0.39, 0.29) is 16.2 Å². The highest BCUT2D eigenvalue weighted by molar-refractivity contribution is 9.10. The van der Waals surface area contributed by atoms with Gasteiger partial charge in [0.2, 0.25) is 5.78 Å². The van der Waals surface area contributed by atoms with E-state index in [4.69, 9.17) is 0 Å². The van der Waals surface area contributed by atoms with Crippen molar-refractivity contribution in [2.24, 2.45) is 0 Å². The quantitative estimate of drug-likeness (QED) is 0.420. The second-order valence-corrected chi connectivity index (χ2v) is 8.34. The van der Waals surface area contributed by atoms with Gasteiger partial charge < -0.3 is 4.90 Å². The molecule has 0 saturated carbocycles. The molecule has 0 aliphatic rings. The molecule has 0 fully saturated rings. The zero-order valence-electron chi connectivity index (χ0n) is 13.9. The van der Waals surface area contributed by atoms with Crippen LogP contribution < -0.4 is 0 Å². The maximum Gasteiger partial charge on any atom is 0.268 e. The number of aromatic nitrogens is 1. The molecule has 0 radical (unpaired) electrons. The van der Waals surface area contributed by atoms with E-state index in [9.17, 15) is 18.5 Å². The third kappa shape index (κ3) is 4.00. The number of nitrogens with zero attached hydrogens (tertiary/aromatic N) is 3. The Morgan fingerprint density at radius 2 is 1.88 bits per heavy atom. The number of rotatable bonds is 5. The van der Waals surface area contributed by atoms with Crippen LogP contribution in [0.4, 0.5) is 0 Å². The molecule has 25 heavy (non-hydrogen) atoms. The molecule has 0 spiro atoms. The molecule has 0 atom stereocenters. The molecule has 1 aromatic heterocycles. The molecule has 6 nitrogen and oxygen atoms in total. The molecule has 0 unspecified atom stereocenters. The zero-order chi connectivity index (χ0) is 18.8. The largest absolute Gasteiger partial charge is 0.382 e. The van der Waals surface area contributed by atoms with E-state index < -0.39 is 15.8 Å². The molecule has 2 aromatic rings. The number of halogens is 1. The van der Waals surface area contributed by atoms with Crippen molar-refractivity contribution in [2.75, 3.05) is 14.1 Å². The maximum absolute atomic E-state index is 12.9. The molecule has 0 aliphatic carbocycles. The van der Waals surface area contributed by atoms with Gasteiger partial charge in [0.25, 0.3) is 10.0 Å². The lowest BCUT2D eigenvalue weighted by Gasteiger charge is -2.11. The van der Waals surface area contributed by atoms with Gasteiger partial charge in [-0.2, -0.15) is 5.26 Å². The second kappa shape index (κ2) is 7.25. The van der Waals surface area contributed by atoms with Crippen LogP contribution in [0.1, 0.15) is 16.1 Å². The van der Waals surface area contributed by atoms with E-state index >= 15 is 0 Å². The minimum atomic E-state index is -3.97. The Labute approximate surface area is 155 Å². The van der Waals surface area contributed by atoms with Crippen molar-refractivity contribution in [3.8, 4) is 6.07 Å². The molecule has 1 aromatic carbocycles. The molecule has 0 saturated heterocycles. The molecule has 2 rings (SSSR count). The second-order valence-electron chi connectivity index (χ2n) is 5.60. The summed E-state index contributed by atoms with van der Waals surface area (Å²) in [5.74, 6) is -0.669. The van der Waals surface area contributed by atoms with Gasteiger partial charge in [-0.05, 0) is 41.1 Å². The first kappa shape index (κ1) is 19.0. The lowest BCUT2D eigenvalue weighted by molar-refractivity contribution is 0.103. The Kier molecular flexibility index (Phi) is 5.50. The van der Waals surface area contributed by atoms with Crippen molar-refractivity contribution in [1.29, 1.82) is 5.26 Å². The standard InChI is InChI=1S/C17H16BrN3O3S/c1-12-4-6-15(7-5-12)25(23,24)21-11-14(18)8-16(21)17(22)13(9-19)10-20(2)3/h4-8,10-11H,1-3H3. The summed E-state index contributed by atoms with van der Waals surface area (Å²) in [7, 11) is -0.627. The first-order valence-corrected chi connectivity index (χ1v) is 9.43. The van der Waals surface area contributed by atoms with Gasteiger partial charge in [0.15, 0.2) is 0 Å². The topological polar surface area (TPSA) is 83.2 Å². The van der Waals surface area contributed by atoms with Crippen LogP contribution in [0.3, 0.4) is 0 Å². The van der Waals surface area contributed by atoms with Crippen LogP contribution >= 0.6 is 15.9 Å². The monoisotopic (exact) mass is 421 g/mol. The number of Topliss-reactive ketones (excluding diaryl/α,β-unsaturated/α-hetero) is 1. The van der Waals surface area contributed by atoms with E-state index in [1.165, 1.54) is 30.6 Å². The fourth-order valence-corrected chi connectivity index (χ4v) is 4.05. The van der Waals surface area contributed by atoms with E-state index in [1.807, 2.05) is 13.0 Å². The Bertz CT molecular complexity index is 981. The van der Waals surface area contributed by atoms with Crippen LogP contribution in [0.5, 0.6) is 0 Å². The van der Waals surface area contributed by atoms with Crippen LogP contribution in [0, 0.1) is 18.3 Å². The Hall–Kier alpha value is -2.37. The lowest BCUT2D eigenvalue weighted by atomic mass is 10.1. The molecule has 130 valence electrons. The molecule has 0 aliphatic heterocycles. The van der Waals surface area contributed by atoms with Crippen molar-refractivity contribution in [2.45, 2.75) is 11.8 Å². The van der Waals surface area contributed by atoms with Gasteiger partial charge in [0.05, 0.1) is 4.90 Å². The minimum Gasteiger partial charge on any atom is -0.382 e. The third-order valence-corrected chi connectivity index (χ3v) is 5.44. The number of nitriles is 1. The van der Waals surface area contributed by atoms with Crippen molar-refractivity contribution in [3.63, 3.8) is 0 Å². The SMILES string of the molecule is Cc1ccc(S(=O)(=O)n2cc(Br)cc2C(=O)C(C#N)=CN(C)C)cc1. The van der Waals surface area contributed by atoms with Crippen molar-refractivity contribution in [1.82, 2.24) is 8.87 Å². The van der Waals surface area contributed by atoms with E-state index in [0.29, 0.717) is 4.47 Å². The normalized spacial score (nSPS) is 11.9. The first-order chi connectivity index (χ1) is 11.7. The first-order valence-electron chi connectivity index (χ1n) is 7.20. The average molecular weight is 422 g/mol. The number of aryl methyl sites for hydroxylation is 1. The summed E-state index contributed by atoms with van der Waals surface area (Å²) in [5.41, 5.74) is 0.655. The smallest absolute Gasteiger partial charge is 0.268 e. The van der Waals surface area contributed by atoms with Gasteiger partial charge in [-0.1, -0.05) is 17.7 Å². The van der Waals surface area contributed by atoms with Crippen LogP contribution in [-0.2, 0) is 10.0 Å². The molecule has 1 heterocycles. The number of carbonyl (C=O) groups is 1. The van der Waals surface area contributed by atoms with Crippen LogP contribution in [0.15, 0.2) is 57.7 Å². The number of allylic oxidation sites excluding steroid dienone is 1. The summed E-state index contributed by atoms with van der Waals surface area (Å²) in [5, 5.41) is 9.22. The summed E-state index contributed by atoms with van der Waals surface area (Å²) in [6, 6.07) is 9.52. The highest BCUT2D eigenvalue weighted by Gasteiger charge is 2.26. The number of hydrogen-bond acceptors (Lipinski definition) is 5. The van der Waals surface area contributed by atoms with Crippen LogP contribution in [0.25, 0.3) is 0 Å². The zero-order valence-corrected chi connectivity index (χ0v) is 16.3. The highest BCUT2D eigenvalue weighted by Crippen LogP contribution is 2.24. The Balaban J connectivity index is 2.60. The van der Waals surface area contributed by atoms with E-state index in [2.05, 4.69) is 15.9 Å². The van der Waals surface area contributed by atoms with Gasteiger partial charge in [0, 0.05) is 31.0 Å². The minimum absolute atomic E-state index is 0.0605. The lowest BCUT2D eigenvalue weighted by Crippen LogP contribution is -2.19. The molecular weight excluding hydrogens is 406 g/mol. The summed E-state index contributed by atoms with van der Waals surface area (Å²) in [6.45, 7) is 1.85. The average Bonchev–Trinajstić information content (AvgIpc) is 2.95. The fraction of sp³-hybridized carbons (Fsp3) is 0.176. The highest BCUT2D eigenvalue weighted by atomic mass is 79.9. The number of carbonyl (C=O) groups excluding carboxylic acids is 1. The fourth-order valence-electron chi connectivity index (χ4n) is 2.14. The van der Waals surface area contributed by atoms with E-state index in [0.717, 1.165) is 9.54 Å². The van der Waals surface area contributed by atoms with Crippen LogP contribution in [0.2, 0.25) is 0 Å². The predicted octanol–water partition coefficient (Wildman–Crippen LogP) is 2.95. The predicted molar refractivity (Wildman–Crippen MR) is 97.6 cm³/mol. The summed E-state index contributed by atoms with van der Waals surface area (Å²) in [4.78, 5) is 14.3. The molecule has 0 N–H and O–H groups in total. The summed E-state index contributed by atoms with van der Waals surface area (Å²) >= 11 is 3.20. The molecule has 0 bridgehead atoms. The number of benzene rings is 1. The van der Waals surface area contributed by atoms with Gasteiger partial charge in [-0.25, -0.2) is 12.4 Å². The van der Waals surface area contributed by atoms with Crippen molar-refractivity contribution >= 4 is 31.7 Å².